The smallest absolute Gasteiger partial charge is 0.397 e. The quantitative estimate of drug-likeness (QED) is 0.539. The van der Waals surface area contributed by atoms with Crippen molar-refractivity contribution < 1.29 is 18.0 Å². The number of anilines is 2. The number of carbonyl (C=O) groups is 1. The summed E-state index contributed by atoms with van der Waals surface area (Å²) < 4.78 is 39.5. The average Bonchev–Trinajstić information content (AvgIpc) is 2.79. The molecule has 1 saturated carbocycles. The van der Waals surface area contributed by atoms with E-state index in [0.717, 1.165) is 31.4 Å². The van der Waals surface area contributed by atoms with Crippen LogP contribution in [-0.2, 0) is 12.6 Å². The second kappa shape index (κ2) is 9.13. The van der Waals surface area contributed by atoms with Crippen LogP contribution in [0.1, 0.15) is 65.6 Å². The van der Waals surface area contributed by atoms with Gasteiger partial charge in [0.15, 0.2) is 5.78 Å². The number of halogens is 3. The first-order valence-electron chi connectivity index (χ1n) is 10.7. The molecule has 0 unspecified atom stereocenters. The molecule has 0 bridgehead atoms. The third-order valence-electron chi connectivity index (χ3n) is 5.77. The first kappa shape index (κ1) is 22.6. The number of alkyl halides is 3. The number of pyridine rings is 2. The van der Waals surface area contributed by atoms with Gasteiger partial charge in [-0.25, -0.2) is 15.0 Å². The summed E-state index contributed by atoms with van der Waals surface area (Å²) in [6, 6.07) is 6.27. The lowest BCUT2D eigenvalue weighted by molar-refractivity contribution is -0.144. The van der Waals surface area contributed by atoms with Gasteiger partial charge < -0.3 is 11.5 Å². The van der Waals surface area contributed by atoms with Crippen molar-refractivity contribution in [3.8, 4) is 11.3 Å². The van der Waals surface area contributed by atoms with Crippen molar-refractivity contribution in [3.63, 3.8) is 0 Å². The molecular formula is C23H23F3N6O. The Kier molecular flexibility index (Phi) is 6.26. The summed E-state index contributed by atoms with van der Waals surface area (Å²) >= 11 is 0. The Hall–Kier alpha value is -3.56. The van der Waals surface area contributed by atoms with Crippen molar-refractivity contribution in [3.05, 3.63) is 59.4 Å². The fourth-order valence-electron chi connectivity index (χ4n) is 4.14. The lowest BCUT2D eigenvalue weighted by Crippen LogP contribution is -2.15. The zero-order valence-electron chi connectivity index (χ0n) is 17.8. The maximum atomic E-state index is 13.2. The Labute approximate surface area is 188 Å². The molecule has 1 aliphatic carbocycles. The zero-order chi connectivity index (χ0) is 23.6. The minimum atomic E-state index is -4.76. The summed E-state index contributed by atoms with van der Waals surface area (Å²) in [4.78, 5) is 28.6. The second-order valence-electron chi connectivity index (χ2n) is 8.14. The van der Waals surface area contributed by atoms with E-state index in [0.29, 0.717) is 17.0 Å². The molecule has 3 heterocycles. The van der Waals surface area contributed by atoms with Gasteiger partial charge in [0.1, 0.15) is 11.5 Å². The zero-order valence-corrected chi connectivity index (χ0v) is 17.8. The van der Waals surface area contributed by atoms with Gasteiger partial charge in [-0.1, -0.05) is 19.3 Å². The van der Waals surface area contributed by atoms with E-state index in [2.05, 4.69) is 19.9 Å². The highest BCUT2D eigenvalue weighted by Gasteiger charge is 2.35. The Morgan fingerprint density at radius 2 is 1.79 bits per heavy atom. The third-order valence-corrected chi connectivity index (χ3v) is 5.77. The minimum absolute atomic E-state index is 0.0445. The van der Waals surface area contributed by atoms with Gasteiger partial charge in [0.05, 0.1) is 11.4 Å². The Morgan fingerprint density at radius 3 is 2.52 bits per heavy atom. The van der Waals surface area contributed by atoms with Gasteiger partial charge in [0.2, 0.25) is 5.82 Å². The Bertz CT molecular complexity index is 1180. The lowest BCUT2D eigenvalue weighted by Gasteiger charge is -2.21. The van der Waals surface area contributed by atoms with Gasteiger partial charge in [0.25, 0.3) is 0 Å². The van der Waals surface area contributed by atoms with E-state index in [1.165, 1.54) is 30.9 Å². The number of nitrogens with two attached hydrogens (primary N) is 2. The van der Waals surface area contributed by atoms with E-state index in [9.17, 15) is 18.0 Å². The molecule has 1 aliphatic rings. The van der Waals surface area contributed by atoms with Crippen molar-refractivity contribution in [2.24, 2.45) is 0 Å². The highest BCUT2D eigenvalue weighted by Crippen LogP contribution is 2.33. The number of ketones is 1. The second-order valence-corrected chi connectivity index (χ2v) is 8.14. The summed E-state index contributed by atoms with van der Waals surface area (Å²) in [5.41, 5.74) is 13.5. The molecule has 4 rings (SSSR count). The molecule has 0 atom stereocenters. The van der Waals surface area contributed by atoms with Gasteiger partial charge in [-0.05, 0) is 36.6 Å². The molecule has 3 aromatic rings. The average molecular weight is 456 g/mol. The fraction of sp³-hybridized carbons (Fsp3) is 0.348. The van der Waals surface area contributed by atoms with E-state index in [1.54, 1.807) is 6.07 Å². The van der Waals surface area contributed by atoms with Crippen LogP contribution >= 0.6 is 0 Å². The van der Waals surface area contributed by atoms with E-state index in [1.807, 2.05) is 6.07 Å². The van der Waals surface area contributed by atoms with Crippen molar-refractivity contribution in [1.82, 2.24) is 19.9 Å². The fourth-order valence-corrected chi connectivity index (χ4v) is 4.14. The summed E-state index contributed by atoms with van der Waals surface area (Å²) in [6.07, 6.45) is 3.41. The predicted octanol–water partition coefficient (Wildman–Crippen LogP) is 4.59. The third kappa shape index (κ3) is 5.10. The number of aromatic nitrogens is 4. The van der Waals surface area contributed by atoms with Crippen LogP contribution in [0.3, 0.4) is 0 Å². The molecule has 0 aliphatic heterocycles. The van der Waals surface area contributed by atoms with Crippen LogP contribution in [0.2, 0.25) is 0 Å². The van der Waals surface area contributed by atoms with E-state index in [-0.39, 0.29) is 35.1 Å². The van der Waals surface area contributed by atoms with Crippen molar-refractivity contribution >= 4 is 17.3 Å². The van der Waals surface area contributed by atoms with Gasteiger partial charge in [-0.15, -0.1) is 0 Å². The molecule has 172 valence electrons. The van der Waals surface area contributed by atoms with Crippen LogP contribution < -0.4 is 11.5 Å². The van der Waals surface area contributed by atoms with E-state index >= 15 is 0 Å². The van der Waals surface area contributed by atoms with Crippen LogP contribution in [0.4, 0.5) is 24.7 Å². The molecule has 0 saturated heterocycles. The summed E-state index contributed by atoms with van der Waals surface area (Å²) in [5.74, 6) is -1.73. The lowest BCUT2D eigenvalue weighted by atomic mass is 9.86. The molecule has 3 aromatic heterocycles. The molecular weight excluding hydrogens is 433 g/mol. The highest BCUT2D eigenvalue weighted by molar-refractivity contribution is 6.00. The number of nitrogen functional groups attached to an aromatic ring is 2. The topological polar surface area (TPSA) is 121 Å². The SMILES string of the molecule is Nc1cc(-c2ccncc2CC(=O)c2nc(C3CCCCC3)ccc2N)nc(C(F)(F)F)n1. The number of hydrogen-bond acceptors (Lipinski definition) is 7. The van der Waals surface area contributed by atoms with Crippen molar-refractivity contribution in [2.75, 3.05) is 11.5 Å². The highest BCUT2D eigenvalue weighted by atomic mass is 19.4. The first-order valence-corrected chi connectivity index (χ1v) is 10.7. The Morgan fingerprint density at radius 1 is 1.03 bits per heavy atom. The maximum absolute atomic E-state index is 13.2. The number of rotatable bonds is 5. The Balaban J connectivity index is 1.65. The number of carbonyl (C=O) groups excluding carboxylic acids is 1. The van der Waals surface area contributed by atoms with Gasteiger partial charge in [-0.3, -0.25) is 9.78 Å². The minimum Gasteiger partial charge on any atom is -0.397 e. The number of hydrogen-bond donors (Lipinski definition) is 2. The summed E-state index contributed by atoms with van der Waals surface area (Å²) in [6.45, 7) is 0. The molecule has 7 nitrogen and oxygen atoms in total. The van der Waals surface area contributed by atoms with Gasteiger partial charge in [-0.2, -0.15) is 13.2 Å². The normalized spacial score (nSPS) is 14.9. The molecule has 0 radical (unpaired) electrons. The van der Waals surface area contributed by atoms with Crippen LogP contribution in [0.5, 0.6) is 0 Å². The molecule has 4 N–H and O–H groups in total. The van der Waals surface area contributed by atoms with Crippen LogP contribution in [0.15, 0.2) is 36.7 Å². The standard InChI is InChI=1S/C23H23F3N6O/c24-23(25,26)22-31-18(11-20(28)32-22)15-8-9-29-12-14(15)10-19(33)21-16(27)6-7-17(30-21)13-4-2-1-3-5-13/h6-9,11-13H,1-5,10,27H2,(H2,28,31,32). The molecule has 0 amide bonds. The molecule has 1 fully saturated rings. The summed E-state index contributed by atoms with van der Waals surface area (Å²) in [7, 11) is 0. The van der Waals surface area contributed by atoms with Crippen molar-refractivity contribution in [1.29, 1.82) is 0 Å². The van der Waals surface area contributed by atoms with E-state index < -0.39 is 12.0 Å². The first-order chi connectivity index (χ1) is 15.7. The van der Waals surface area contributed by atoms with Gasteiger partial charge >= 0.3 is 6.18 Å². The molecule has 10 heteroatoms. The summed E-state index contributed by atoms with van der Waals surface area (Å²) in [5, 5.41) is 0. The molecule has 33 heavy (non-hydrogen) atoms. The van der Waals surface area contributed by atoms with Gasteiger partial charge in [0, 0.05) is 42.1 Å². The van der Waals surface area contributed by atoms with E-state index in [4.69, 9.17) is 11.5 Å². The number of Topliss-reactive ketones (excluding diaryl/α,β-unsaturated/α-hetero) is 1. The monoisotopic (exact) mass is 456 g/mol. The largest absolute Gasteiger partial charge is 0.451 e. The predicted molar refractivity (Wildman–Crippen MR) is 117 cm³/mol. The van der Waals surface area contributed by atoms with Crippen LogP contribution in [-0.4, -0.2) is 25.7 Å². The molecule has 0 aromatic carbocycles. The molecule has 0 spiro atoms. The maximum Gasteiger partial charge on any atom is 0.451 e. The number of nitrogens with zero attached hydrogens (tertiary/aromatic N) is 4. The van der Waals surface area contributed by atoms with Crippen molar-refractivity contribution in [2.45, 2.75) is 50.6 Å². The van der Waals surface area contributed by atoms with Crippen LogP contribution in [0, 0.1) is 0 Å². The van der Waals surface area contributed by atoms with Crippen LogP contribution in [0.25, 0.3) is 11.3 Å².